The van der Waals surface area contributed by atoms with Gasteiger partial charge in [0.05, 0.1) is 16.7 Å². The molecule has 1 atom stereocenters. The number of hydrogen-bond acceptors (Lipinski definition) is 3. The van der Waals surface area contributed by atoms with E-state index >= 15 is 0 Å². The minimum Gasteiger partial charge on any atom is -0.479 e. The normalized spacial score (nSPS) is 13.7. The lowest BCUT2D eigenvalue weighted by molar-refractivity contribution is -0.122. The van der Waals surface area contributed by atoms with E-state index in [2.05, 4.69) is 11.4 Å². The Balaban J connectivity index is 1.66. The van der Waals surface area contributed by atoms with Crippen molar-refractivity contribution in [3.05, 3.63) is 58.1 Å². The van der Waals surface area contributed by atoms with Gasteiger partial charge >= 0.3 is 0 Å². The van der Waals surface area contributed by atoms with E-state index in [1.54, 1.807) is 19.1 Å². The van der Waals surface area contributed by atoms with Crippen LogP contribution in [0.2, 0.25) is 5.02 Å². The number of ether oxygens (including phenoxy) is 1. The molecule has 24 heavy (non-hydrogen) atoms. The maximum atomic E-state index is 12.3. The highest BCUT2D eigenvalue weighted by Gasteiger charge is 2.18. The van der Waals surface area contributed by atoms with Crippen LogP contribution in [-0.4, -0.2) is 12.0 Å². The van der Waals surface area contributed by atoms with Crippen LogP contribution >= 0.6 is 11.6 Å². The molecule has 4 nitrogen and oxygen atoms in total. The van der Waals surface area contributed by atoms with E-state index < -0.39 is 6.10 Å². The summed E-state index contributed by atoms with van der Waals surface area (Å²) in [7, 11) is 0. The van der Waals surface area contributed by atoms with Crippen molar-refractivity contribution >= 4 is 23.2 Å². The van der Waals surface area contributed by atoms with Crippen molar-refractivity contribution in [3.8, 4) is 11.8 Å². The Bertz CT molecular complexity index is 827. The first-order chi connectivity index (χ1) is 11.6. The molecule has 1 aliphatic carbocycles. The quantitative estimate of drug-likeness (QED) is 0.911. The molecule has 0 bridgehead atoms. The van der Waals surface area contributed by atoms with Gasteiger partial charge in [0.15, 0.2) is 6.10 Å². The summed E-state index contributed by atoms with van der Waals surface area (Å²) in [6.07, 6.45) is 2.64. The number of rotatable bonds is 4. The van der Waals surface area contributed by atoms with E-state index in [1.165, 1.54) is 23.6 Å². The molecule has 3 rings (SSSR count). The van der Waals surface area contributed by atoms with Crippen molar-refractivity contribution < 1.29 is 9.53 Å². The lowest BCUT2D eigenvalue weighted by atomic mass is 10.1. The monoisotopic (exact) mass is 340 g/mol. The number of nitriles is 1. The van der Waals surface area contributed by atoms with Crippen LogP contribution in [0.1, 0.15) is 30.0 Å². The molecule has 0 saturated carbocycles. The number of carbonyl (C=O) groups is 1. The first kappa shape index (κ1) is 16.4. The zero-order valence-corrected chi connectivity index (χ0v) is 14.1. The lowest BCUT2D eigenvalue weighted by Crippen LogP contribution is -2.30. The molecule has 0 spiro atoms. The Labute approximate surface area is 146 Å². The Kier molecular flexibility index (Phi) is 4.73. The second-order valence-electron chi connectivity index (χ2n) is 5.84. The highest BCUT2D eigenvalue weighted by atomic mass is 35.5. The van der Waals surface area contributed by atoms with Crippen LogP contribution in [0.5, 0.6) is 5.75 Å². The fourth-order valence-corrected chi connectivity index (χ4v) is 3.03. The van der Waals surface area contributed by atoms with Crippen molar-refractivity contribution in [2.45, 2.75) is 32.3 Å². The minimum atomic E-state index is -0.705. The molecule has 0 heterocycles. The molecule has 0 aromatic heterocycles. The summed E-state index contributed by atoms with van der Waals surface area (Å²) in [6, 6.07) is 12.7. The Morgan fingerprint density at radius 3 is 2.79 bits per heavy atom. The average molecular weight is 341 g/mol. The van der Waals surface area contributed by atoms with E-state index in [9.17, 15) is 4.79 Å². The molecular weight excluding hydrogens is 324 g/mol. The highest BCUT2D eigenvalue weighted by molar-refractivity contribution is 6.32. The summed E-state index contributed by atoms with van der Waals surface area (Å²) in [5.74, 6) is 0.139. The summed E-state index contributed by atoms with van der Waals surface area (Å²) < 4.78 is 5.62. The van der Waals surface area contributed by atoms with Gasteiger partial charge in [-0.2, -0.15) is 5.26 Å². The maximum Gasteiger partial charge on any atom is 0.265 e. The van der Waals surface area contributed by atoms with E-state index in [4.69, 9.17) is 21.6 Å². The molecule has 0 saturated heterocycles. The molecule has 0 radical (unpaired) electrons. The fraction of sp³-hybridized carbons (Fsp3) is 0.263. The fourth-order valence-electron chi connectivity index (χ4n) is 2.80. The third-order valence-electron chi connectivity index (χ3n) is 4.10. The average Bonchev–Trinajstić information content (AvgIpc) is 3.04. The highest BCUT2D eigenvalue weighted by Crippen LogP contribution is 2.27. The third-order valence-corrected chi connectivity index (χ3v) is 4.40. The predicted molar refractivity (Wildman–Crippen MR) is 93.4 cm³/mol. The second kappa shape index (κ2) is 6.94. The molecule has 1 N–H and O–H groups in total. The number of hydrogen-bond donors (Lipinski definition) is 1. The lowest BCUT2D eigenvalue weighted by Gasteiger charge is -2.16. The molecule has 1 amide bonds. The molecule has 0 aliphatic heterocycles. The number of aryl methyl sites for hydroxylation is 2. The Hall–Kier alpha value is -2.51. The van der Waals surface area contributed by atoms with Gasteiger partial charge in [0, 0.05) is 5.69 Å². The van der Waals surface area contributed by atoms with Gasteiger partial charge < -0.3 is 10.1 Å². The van der Waals surface area contributed by atoms with Crippen molar-refractivity contribution in [1.29, 1.82) is 5.26 Å². The van der Waals surface area contributed by atoms with Gasteiger partial charge in [-0.25, -0.2) is 0 Å². The van der Waals surface area contributed by atoms with Crippen LogP contribution in [0.4, 0.5) is 5.69 Å². The SMILES string of the molecule is C[C@@H](Oc1ccc(C#N)cc1Cl)C(=O)Nc1ccc2c(c1)CCC2. The van der Waals surface area contributed by atoms with Crippen molar-refractivity contribution in [3.63, 3.8) is 0 Å². The summed E-state index contributed by atoms with van der Waals surface area (Å²) >= 11 is 6.07. The van der Waals surface area contributed by atoms with Crippen LogP contribution in [0.15, 0.2) is 36.4 Å². The number of nitrogens with one attached hydrogen (secondary N) is 1. The van der Waals surface area contributed by atoms with Gasteiger partial charge in [-0.1, -0.05) is 17.7 Å². The molecule has 0 fully saturated rings. The second-order valence-corrected chi connectivity index (χ2v) is 6.25. The standard InChI is InChI=1S/C19H17ClN2O2/c1-12(24-18-8-5-13(11-21)9-17(18)20)19(23)22-16-7-6-14-3-2-4-15(14)10-16/h5-10,12H,2-4H2,1H3,(H,22,23)/t12-/m1/s1. The molecule has 2 aromatic rings. The first-order valence-electron chi connectivity index (χ1n) is 7.86. The number of fused-ring (bicyclic) bond motifs is 1. The zero-order chi connectivity index (χ0) is 17.1. The van der Waals surface area contributed by atoms with Gasteiger partial charge in [-0.05, 0) is 67.6 Å². The summed E-state index contributed by atoms with van der Waals surface area (Å²) in [5.41, 5.74) is 3.89. The number of benzene rings is 2. The van der Waals surface area contributed by atoms with E-state index in [-0.39, 0.29) is 5.91 Å². The maximum absolute atomic E-state index is 12.3. The van der Waals surface area contributed by atoms with Gasteiger partial charge in [0.1, 0.15) is 5.75 Å². The summed E-state index contributed by atoms with van der Waals surface area (Å²) in [5, 5.41) is 12.0. The Morgan fingerprint density at radius 2 is 2.04 bits per heavy atom. The summed E-state index contributed by atoms with van der Waals surface area (Å²) in [4.78, 5) is 12.3. The first-order valence-corrected chi connectivity index (χ1v) is 8.23. The molecular formula is C19H17ClN2O2. The number of anilines is 1. The van der Waals surface area contributed by atoms with Crippen LogP contribution in [-0.2, 0) is 17.6 Å². The smallest absolute Gasteiger partial charge is 0.265 e. The van der Waals surface area contributed by atoms with Crippen molar-refractivity contribution in [1.82, 2.24) is 0 Å². The summed E-state index contributed by atoms with van der Waals surface area (Å²) in [6.45, 7) is 1.66. The van der Waals surface area contributed by atoms with E-state index in [1.807, 2.05) is 18.2 Å². The topological polar surface area (TPSA) is 62.1 Å². The van der Waals surface area contributed by atoms with Crippen LogP contribution in [0, 0.1) is 11.3 Å². The number of nitrogens with zero attached hydrogens (tertiary/aromatic N) is 1. The van der Waals surface area contributed by atoms with Crippen LogP contribution in [0.25, 0.3) is 0 Å². The molecule has 0 unspecified atom stereocenters. The molecule has 122 valence electrons. The Morgan fingerprint density at radius 1 is 1.25 bits per heavy atom. The van der Waals surface area contributed by atoms with E-state index in [0.29, 0.717) is 16.3 Å². The van der Waals surface area contributed by atoms with Crippen LogP contribution in [0.3, 0.4) is 0 Å². The van der Waals surface area contributed by atoms with Gasteiger partial charge in [0.25, 0.3) is 5.91 Å². The van der Waals surface area contributed by atoms with Crippen LogP contribution < -0.4 is 10.1 Å². The molecule has 2 aromatic carbocycles. The largest absolute Gasteiger partial charge is 0.479 e. The number of amides is 1. The van der Waals surface area contributed by atoms with Crippen molar-refractivity contribution in [2.24, 2.45) is 0 Å². The molecule has 1 aliphatic rings. The number of halogens is 1. The zero-order valence-electron chi connectivity index (χ0n) is 13.3. The van der Waals surface area contributed by atoms with E-state index in [0.717, 1.165) is 18.5 Å². The molecule has 5 heteroatoms. The third kappa shape index (κ3) is 3.52. The van der Waals surface area contributed by atoms with Crippen molar-refractivity contribution in [2.75, 3.05) is 5.32 Å². The minimum absolute atomic E-state index is 0.242. The van der Waals surface area contributed by atoms with Gasteiger partial charge in [-0.15, -0.1) is 0 Å². The van der Waals surface area contributed by atoms with Gasteiger partial charge in [0.2, 0.25) is 0 Å². The van der Waals surface area contributed by atoms with Gasteiger partial charge in [-0.3, -0.25) is 4.79 Å². The number of carbonyl (C=O) groups excluding carboxylic acids is 1. The predicted octanol–water partition coefficient (Wildman–Crippen LogP) is 4.11.